The summed E-state index contributed by atoms with van der Waals surface area (Å²) in [6, 6.07) is 9.08. The lowest BCUT2D eigenvalue weighted by Crippen LogP contribution is -2.35. The van der Waals surface area contributed by atoms with Crippen molar-refractivity contribution in [2.45, 2.75) is 17.7 Å². The van der Waals surface area contributed by atoms with Crippen LogP contribution < -0.4 is 9.64 Å². The quantitative estimate of drug-likeness (QED) is 0.650. The highest BCUT2D eigenvalue weighted by Crippen LogP contribution is 2.34. The van der Waals surface area contributed by atoms with Crippen LogP contribution in [0.5, 0.6) is 5.75 Å². The van der Waals surface area contributed by atoms with Gasteiger partial charge in [-0.25, -0.2) is 13.4 Å². The minimum Gasteiger partial charge on any atom is -0.493 e. The van der Waals surface area contributed by atoms with Crippen molar-refractivity contribution in [3.63, 3.8) is 0 Å². The minimum absolute atomic E-state index is 0.308. The van der Waals surface area contributed by atoms with E-state index in [4.69, 9.17) is 4.74 Å². The number of hydrogen-bond donors (Lipinski definition) is 0. The smallest absolute Gasteiger partial charge is 0.186 e. The van der Waals surface area contributed by atoms with Gasteiger partial charge in [-0.3, -0.25) is 4.98 Å². The molecule has 3 aromatic rings. The molecule has 0 bridgehead atoms. The molecular formula is C19H21N3O3S2. The maximum atomic E-state index is 12.0. The minimum atomic E-state index is -3.28. The summed E-state index contributed by atoms with van der Waals surface area (Å²) in [6.45, 7) is 2.51. The summed E-state index contributed by atoms with van der Waals surface area (Å²) < 4.78 is 30.8. The van der Waals surface area contributed by atoms with Gasteiger partial charge in [-0.1, -0.05) is 17.4 Å². The van der Waals surface area contributed by atoms with Crippen LogP contribution in [-0.2, 0) is 9.84 Å². The number of nitrogens with zero attached hydrogens (tertiary/aromatic N) is 3. The Kier molecular flexibility index (Phi) is 5.01. The van der Waals surface area contributed by atoms with Crippen LogP contribution in [0.2, 0.25) is 0 Å². The van der Waals surface area contributed by atoms with Crippen LogP contribution in [0.4, 0.5) is 5.13 Å². The fourth-order valence-corrected chi connectivity index (χ4v) is 5.23. The summed E-state index contributed by atoms with van der Waals surface area (Å²) in [6.07, 6.45) is 6.75. The molecule has 0 radical (unpaired) electrons. The van der Waals surface area contributed by atoms with E-state index < -0.39 is 9.84 Å². The molecule has 0 unspecified atom stereocenters. The Morgan fingerprint density at radius 1 is 1.19 bits per heavy atom. The van der Waals surface area contributed by atoms with Gasteiger partial charge in [-0.05, 0) is 43.0 Å². The van der Waals surface area contributed by atoms with Crippen LogP contribution in [0.15, 0.2) is 47.6 Å². The summed E-state index contributed by atoms with van der Waals surface area (Å²) in [5, 5.41) is 0.898. The topological polar surface area (TPSA) is 72.4 Å². The number of sulfone groups is 1. The third kappa shape index (κ3) is 4.06. The molecule has 1 fully saturated rings. The van der Waals surface area contributed by atoms with Gasteiger partial charge in [0.05, 0.1) is 16.2 Å². The average Bonchev–Trinajstić information content (AvgIpc) is 3.11. The van der Waals surface area contributed by atoms with E-state index in [0.717, 1.165) is 41.5 Å². The molecule has 8 heteroatoms. The first kappa shape index (κ1) is 18.2. The van der Waals surface area contributed by atoms with Crippen LogP contribution in [0, 0.1) is 5.92 Å². The Bertz CT molecular complexity index is 1030. The number of pyridine rings is 1. The van der Waals surface area contributed by atoms with E-state index in [1.807, 2.05) is 18.2 Å². The zero-order valence-electron chi connectivity index (χ0n) is 15.0. The standard InChI is InChI=1S/C19H21N3O3S2/c1-27(23,24)17-4-2-3-16-18(17)21-19(26-16)22-11-7-14(8-12-22)13-25-15-5-9-20-10-6-15/h2-6,9-10,14H,7-8,11-13H2,1H3. The molecule has 0 N–H and O–H groups in total. The Balaban J connectivity index is 1.42. The number of ether oxygens (including phenoxy) is 1. The lowest BCUT2D eigenvalue weighted by Gasteiger charge is -2.31. The fraction of sp³-hybridized carbons (Fsp3) is 0.368. The first-order chi connectivity index (χ1) is 13.0. The van der Waals surface area contributed by atoms with Gasteiger partial charge in [0.15, 0.2) is 15.0 Å². The molecule has 142 valence electrons. The molecule has 4 rings (SSSR count). The number of aromatic nitrogens is 2. The number of benzene rings is 1. The first-order valence-electron chi connectivity index (χ1n) is 8.88. The van der Waals surface area contributed by atoms with Gasteiger partial charge in [-0.2, -0.15) is 0 Å². The largest absolute Gasteiger partial charge is 0.493 e. The maximum absolute atomic E-state index is 12.0. The molecule has 1 aliphatic rings. The van der Waals surface area contributed by atoms with Crippen LogP contribution in [0.25, 0.3) is 10.2 Å². The van der Waals surface area contributed by atoms with Crippen molar-refractivity contribution in [2.75, 3.05) is 30.9 Å². The zero-order chi connectivity index (χ0) is 18.9. The zero-order valence-corrected chi connectivity index (χ0v) is 16.7. The van der Waals surface area contributed by atoms with E-state index in [1.54, 1.807) is 35.9 Å². The second kappa shape index (κ2) is 7.44. The highest BCUT2D eigenvalue weighted by atomic mass is 32.2. The second-order valence-corrected chi connectivity index (χ2v) is 9.79. The van der Waals surface area contributed by atoms with Crippen LogP contribution in [0.3, 0.4) is 0 Å². The SMILES string of the molecule is CS(=O)(=O)c1cccc2sc(N3CCC(COc4ccncc4)CC3)nc12. The third-order valence-electron chi connectivity index (χ3n) is 4.79. The molecular weight excluding hydrogens is 382 g/mol. The molecule has 2 aromatic heterocycles. The molecule has 0 atom stereocenters. The van der Waals surface area contributed by atoms with Crippen molar-refractivity contribution in [1.82, 2.24) is 9.97 Å². The molecule has 0 spiro atoms. The van der Waals surface area contributed by atoms with Crippen molar-refractivity contribution < 1.29 is 13.2 Å². The van der Waals surface area contributed by atoms with Crippen molar-refractivity contribution in [3.8, 4) is 5.75 Å². The summed E-state index contributed by atoms with van der Waals surface area (Å²) in [5.74, 6) is 1.36. The van der Waals surface area contributed by atoms with Crippen molar-refractivity contribution >= 4 is 36.5 Å². The number of hydrogen-bond acceptors (Lipinski definition) is 7. The number of para-hydroxylation sites is 1. The summed E-state index contributed by atoms with van der Waals surface area (Å²) in [4.78, 5) is 11.2. The number of rotatable bonds is 5. The number of piperidine rings is 1. The van der Waals surface area contributed by atoms with Gasteiger partial charge >= 0.3 is 0 Å². The lowest BCUT2D eigenvalue weighted by molar-refractivity contribution is 0.222. The van der Waals surface area contributed by atoms with Crippen molar-refractivity contribution in [1.29, 1.82) is 0 Å². The molecule has 1 saturated heterocycles. The van der Waals surface area contributed by atoms with E-state index in [0.29, 0.717) is 22.9 Å². The number of anilines is 1. The monoisotopic (exact) mass is 403 g/mol. The summed E-state index contributed by atoms with van der Waals surface area (Å²) in [5.41, 5.74) is 0.586. The van der Waals surface area contributed by atoms with Crippen LogP contribution >= 0.6 is 11.3 Å². The molecule has 3 heterocycles. The Morgan fingerprint density at radius 3 is 2.63 bits per heavy atom. The number of fused-ring (bicyclic) bond motifs is 1. The Labute approximate surface area is 162 Å². The van der Waals surface area contributed by atoms with Crippen LogP contribution in [0.1, 0.15) is 12.8 Å². The fourth-order valence-electron chi connectivity index (χ4n) is 3.29. The van der Waals surface area contributed by atoms with E-state index in [2.05, 4.69) is 14.9 Å². The van der Waals surface area contributed by atoms with Gasteiger partial charge in [0, 0.05) is 31.7 Å². The molecule has 6 nitrogen and oxygen atoms in total. The lowest BCUT2D eigenvalue weighted by atomic mass is 9.98. The van der Waals surface area contributed by atoms with Crippen LogP contribution in [-0.4, -0.2) is 44.3 Å². The highest BCUT2D eigenvalue weighted by molar-refractivity contribution is 7.91. The molecule has 1 aliphatic heterocycles. The predicted octanol–water partition coefficient (Wildman–Crippen LogP) is 3.39. The molecule has 0 amide bonds. The van der Waals surface area contributed by atoms with Gasteiger partial charge in [0.1, 0.15) is 11.3 Å². The molecule has 0 saturated carbocycles. The van der Waals surface area contributed by atoms with E-state index in [9.17, 15) is 8.42 Å². The van der Waals surface area contributed by atoms with E-state index >= 15 is 0 Å². The Hall–Kier alpha value is -2.19. The average molecular weight is 404 g/mol. The third-order valence-corrected chi connectivity index (χ3v) is 7.00. The van der Waals surface area contributed by atoms with Gasteiger partial charge in [-0.15, -0.1) is 0 Å². The number of thiazole rings is 1. The normalized spacial score (nSPS) is 16.0. The van der Waals surface area contributed by atoms with Gasteiger partial charge < -0.3 is 9.64 Å². The van der Waals surface area contributed by atoms with Crippen molar-refractivity contribution in [3.05, 3.63) is 42.7 Å². The van der Waals surface area contributed by atoms with E-state index in [-0.39, 0.29) is 0 Å². The Morgan fingerprint density at radius 2 is 1.93 bits per heavy atom. The molecule has 1 aromatic carbocycles. The van der Waals surface area contributed by atoms with Crippen molar-refractivity contribution in [2.24, 2.45) is 5.92 Å². The molecule has 0 aliphatic carbocycles. The van der Waals surface area contributed by atoms with Gasteiger partial charge in [0.2, 0.25) is 0 Å². The second-order valence-electron chi connectivity index (χ2n) is 6.80. The first-order valence-corrected chi connectivity index (χ1v) is 11.6. The van der Waals surface area contributed by atoms with Gasteiger partial charge in [0.25, 0.3) is 0 Å². The van der Waals surface area contributed by atoms with E-state index in [1.165, 1.54) is 6.26 Å². The highest BCUT2D eigenvalue weighted by Gasteiger charge is 2.23. The summed E-state index contributed by atoms with van der Waals surface area (Å²) in [7, 11) is -3.28. The molecule has 27 heavy (non-hydrogen) atoms. The summed E-state index contributed by atoms with van der Waals surface area (Å²) >= 11 is 1.56. The predicted molar refractivity (Wildman–Crippen MR) is 107 cm³/mol. The maximum Gasteiger partial charge on any atom is 0.186 e.